The number of rotatable bonds is 10. The summed E-state index contributed by atoms with van der Waals surface area (Å²) in [5.74, 6) is -0.750. The Bertz CT molecular complexity index is 305. The van der Waals surface area contributed by atoms with E-state index in [-0.39, 0.29) is 35.8 Å². The molecule has 0 aliphatic heterocycles. The van der Waals surface area contributed by atoms with E-state index in [4.69, 9.17) is 9.47 Å². The first-order valence-electron chi connectivity index (χ1n) is 7.68. The van der Waals surface area contributed by atoms with Crippen LogP contribution in [0.3, 0.4) is 0 Å². The molecule has 0 saturated heterocycles. The van der Waals surface area contributed by atoms with Crippen molar-refractivity contribution in [3.05, 3.63) is 11.1 Å². The van der Waals surface area contributed by atoms with Crippen LogP contribution in [-0.4, -0.2) is 49.1 Å². The summed E-state index contributed by atoms with van der Waals surface area (Å²) in [7, 11) is 0. The molecule has 4 nitrogen and oxygen atoms in total. The zero-order chi connectivity index (χ0) is 15.4. The van der Waals surface area contributed by atoms with Crippen LogP contribution in [0.15, 0.2) is 11.1 Å². The molecule has 0 fully saturated rings. The number of hydrogen-bond donors (Lipinski definition) is 0. The van der Waals surface area contributed by atoms with Gasteiger partial charge in [-0.05, 0) is 39.5 Å². The van der Waals surface area contributed by atoms with Gasteiger partial charge in [0.25, 0.3) is 0 Å². The quantitative estimate of drug-likeness (QED) is 0.317. The minimum absolute atomic E-state index is 0. The molecule has 0 heterocycles. The van der Waals surface area contributed by atoms with Crippen LogP contribution in [0.2, 0.25) is 0 Å². The fraction of sp³-hybridized carbons (Fsp3) is 0.750. The Labute approximate surface area is 145 Å². The van der Waals surface area contributed by atoms with Crippen molar-refractivity contribution in [2.75, 3.05) is 13.2 Å². The molecule has 0 rings (SSSR count). The molecule has 0 bridgehead atoms. The summed E-state index contributed by atoms with van der Waals surface area (Å²) in [5.41, 5.74) is 1.00. The molecule has 0 aliphatic rings. The fourth-order valence-electron chi connectivity index (χ4n) is 1.90. The number of unbranched alkanes of at least 4 members (excludes halogenated alkanes) is 2. The molecule has 0 aromatic carbocycles. The summed E-state index contributed by atoms with van der Waals surface area (Å²) >= 11 is 0. The molecule has 0 spiro atoms. The standard InChI is InChI=1S/C16H28O4.Sn.4H/c1-5-9-11-13(15(17)19-7-3)14(12-10-6-2)16(18)20-8-4;;;;;/h5-12H2,1-4H3;;;;;/b14-13-;;;;;. The van der Waals surface area contributed by atoms with Crippen LogP contribution in [0.1, 0.15) is 66.2 Å². The first kappa shape index (κ1) is 22.8. The average molecular weight is 407 g/mol. The third kappa shape index (κ3) is 9.17. The molecule has 0 aromatic heterocycles. The minimum atomic E-state index is -0.375. The fourth-order valence-corrected chi connectivity index (χ4v) is 1.90. The van der Waals surface area contributed by atoms with Crippen molar-refractivity contribution in [2.45, 2.75) is 66.2 Å². The maximum absolute atomic E-state index is 12.1. The first-order chi connectivity index (χ1) is 9.62. The number of hydrogen-bond acceptors (Lipinski definition) is 4. The number of carbonyl (C=O) groups is 2. The van der Waals surface area contributed by atoms with Gasteiger partial charge in [0.2, 0.25) is 0 Å². The SMILES string of the molecule is CCCC/C(C(=O)OCC)=C(\CCCC)C(=O)OCC.[SnH4]. The second-order valence-electron chi connectivity index (χ2n) is 4.61. The van der Waals surface area contributed by atoms with Crippen LogP contribution >= 0.6 is 0 Å². The summed E-state index contributed by atoms with van der Waals surface area (Å²) in [6.07, 6.45) is 4.81. The van der Waals surface area contributed by atoms with Crippen LogP contribution in [0.5, 0.6) is 0 Å². The monoisotopic (exact) mass is 408 g/mol. The Morgan fingerprint density at radius 3 is 1.29 bits per heavy atom. The Hall–Kier alpha value is -0.521. The van der Waals surface area contributed by atoms with Gasteiger partial charge in [0.1, 0.15) is 0 Å². The maximum atomic E-state index is 12.1. The Morgan fingerprint density at radius 2 is 1.05 bits per heavy atom. The van der Waals surface area contributed by atoms with E-state index in [1.54, 1.807) is 13.8 Å². The summed E-state index contributed by atoms with van der Waals surface area (Å²) in [6, 6.07) is 0. The molecule has 0 aromatic rings. The molecular weight excluding hydrogens is 375 g/mol. The zero-order valence-electron chi connectivity index (χ0n) is 13.3. The normalized spacial score (nSPS) is 11.2. The predicted molar refractivity (Wildman–Crippen MR) is 90.7 cm³/mol. The van der Waals surface area contributed by atoms with E-state index < -0.39 is 0 Å². The van der Waals surface area contributed by atoms with E-state index in [1.807, 2.05) is 0 Å². The van der Waals surface area contributed by atoms with E-state index in [1.165, 1.54) is 0 Å². The molecule has 0 atom stereocenters. The van der Waals surface area contributed by atoms with Gasteiger partial charge in [-0.3, -0.25) is 0 Å². The topological polar surface area (TPSA) is 52.6 Å². The predicted octanol–water partition coefficient (Wildman–Crippen LogP) is 2.34. The number of carbonyl (C=O) groups excluding carboxylic acids is 2. The molecule has 0 unspecified atom stereocenters. The second-order valence-corrected chi connectivity index (χ2v) is 4.61. The molecule has 0 N–H and O–H groups in total. The van der Waals surface area contributed by atoms with Gasteiger partial charge < -0.3 is 9.47 Å². The van der Waals surface area contributed by atoms with Crippen molar-refractivity contribution in [1.82, 2.24) is 0 Å². The van der Waals surface area contributed by atoms with Gasteiger partial charge in [-0.15, -0.1) is 0 Å². The van der Waals surface area contributed by atoms with E-state index in [2.05, 4.69) is 13.8 Å². The van der Waals surface area contributed by atoms with Crippen LogP contribution < -0.4 is 0 Å². The van der Waals surface area contributed by atoms with Crippen LogP contribution in [-0.2, 0) is 19.1 Å². The molecule has 21 heavy (non-hydrogen) atoms. The van der Waals surface area contributed by atoms with Gasteiger partial charge in [-0.1, -0.05) is 26.7 Å². The van der Waals surface area contributed by atoms with Crippen molar-refractivity contribution in [3.8, 4) is 0 Å². The summed E-state index contributed by atoms with van der Waals surface area (Å²) in [4.78, 5) is 24.1. The van der Waals surface area contributed by atoms with Crippen molar-refractivity contribution >= 4 is 35.8 Å². The van der Waals surface area contributed by atoms with Gasteiger partial charge in [0.05, 0.1) is 13.2 Å². The molecule has 0 radical (unpaired) electrons. The molecule has 124 valence electrons. The first-order valence-corrected chi connectivity index (χ1v) is 7.68. The average Bonchev–Trinajstić information content (AvgIpc) is 2.42. The summed E-state index contributed by atoms with van der Waals surface area (Å²) < 4.78 is 10.2. The van der Waals surface area contributed by atoms with Crippen LogP contribution in [0.4, 0.5) is 0 Å². The van der Waals surface area contributed by atoms with Gasteiger partial charge in [0, 0.05) is 11.1 Å². The van der Waals surface area contributed by atoms with Gasteiger partial charge >= 0.3 is 35.8 Å². The molecular formula is C16H32O4Sn. The van der Waals surface area contributed by atoms with E-state index in [9.17, 15) is 9.59 Å². The Morgan fingerprint density at radius 1 is 0.714 bits per heavy atom. The molecule has 0 aliphatic carbocycles. The van der Waals surface area contributed by atoms with E-state index in [0.717, 1.165) is 25.7 Å². The second kappa shape index (κ2) is 14.4. The van der Waals surface area contributed by atoms with E-state index in [0.29, 0.717) is 37.2 Å². The van der Waals surface area contributed by atoms with Crippen LogP contribution in [0, 0.1) is 0 Å². The van der Waals surface area contributed by atoms with Crippen molar-refractivity contribution in [1.29, 1.82) is 0 Å². The Kier molecular flexibility index (Phi) is 15.6. The number of esters is 2. The molecule has 0 saturated carbocycles. The van der Waals surface area contributed by atoms with Gasteiger partial charge in [-0.2, -0.15) is 0 Å². The zero-order valence-corrected chi connectivity index (χ0v) is 13.3. The summed E-state index contributed by atoms with van der Waals surface area (Å²) in [6.45, 7) is 8.28. The Balaban J connectivity index is 0. The third-order valence-corrected chi connectivity index (χ3v) is 2.97. The van der Waals surface area contributed by atoms with Crippen LogP contribution in [0.25, 0.3) is 0 Å². The van der Waals surface area contributed by atoms with E-state index >= 15 is 0 Å². The van der Waals surface area contributed by atoms with Gasteiger partial charge in [0.15, 0.2) is 0 Å². The van der Waals surface area contributed by atoms with Crippen molar-refractivity contribution < 1.29 is 19.1 Å². The van der Waals surface area contributed by atoms with Gasteiger partial charge in [-0.25, -0.2) is 9.59 Å². The van der Waals surface area contributed by atoms with Crippen molar-refractivity contribution in [2.24, 2.45) is 0 Å². The molecule has 0 amide bonds. The number of ether oxygens (including phenoxy) is 2. The summed E-state index contributed by atoms with van der Waals surface area (Å²) in [5, 5.41) is 0. The third-order valence-electron chi connectivity index (χ3n) is 2.97. The van der Waals surface area contributed by atoms with Crippen molar-refractivity contribution in [3.63, 3.8) is 0 Å². The molecule has 5 heteroatoms.